The molecule has 0 radical (unpaired) electrons. The molecule has 3 nitrogen and oxygen atoms in total. The molecule has 2 aromatic rings. The first-order valence-corrected chi connectivity index (χ1v) is 6.23. The maximum Gasteiger partial charge on any atom is 0.124 e. The van der Waals surface area contributed by atoms with Crippen LogP contribution in [0.4, 0.5) is 4.39 Å². The highest BCUT2D eigenvalue weighted by Gasteiger charge is 2.13. The third-order valence-electron chi connectivity index (χ3n) is 2.98. The third kappa shape index (κ3) is 2.54. The van der Waals surface area contributed by atoms with Crippen molar-refractivity contribution >= 4 is 11.6 Å². The first kappa shape index (κ1) is 13.1. The van der Waals surface area contributed by atoms with Crippen LogP contribution in [-0.4, -0.2) is 16.5 Å². The van der Waals surface area contributed by atoms with Gasteiger partial charge in [-0.05, 0) is 24.6 Å². The highest BCUT2D eigenvalue weighted by Crippen LogP contribution is 2.28. The summed E-state index contributed by atoms with van der Waals surface area (Å²) in [5.74, 6) is 0.699. The van der Waals surface area contributed by atoms with E-state index in [-0.39, 0.29) is 11.7 Å². The largest absolute Gasteiger partial charge is 0.342 e. The average molecular weight is 268 g/mol. The molecule has 1 unspecified atom stereocenters. The number of nitrogens with zero attached hydrogens (tertiary/aromatic N) is 1. The van der Waals surface area contributed by atoms with E-state index in [2.05, 4.69) is 16.9 Å². The molecule has 0 aliphatic carbocycles. The molecule has 0 aliphatic rings. The fraction of sp³-hybridized carbons (Fsp3) is 0.308. The summed E-state index contributed by atoms with van der Waals surface area (Å²) in [5, 5.41) is 0.367. The van der Waals surface area contributed by atoms with E-state index in [1.165, 1.54) is 12.1 Å². The molecule has 1 atom stereocenters. The molecule has 3 N–H and O–H groups in total. The Morgan fingerprint density at radius 3 is 2.89 bits per heavy atom. The highest BCUT2D eigenvalue weighted by molar-refractivity contribution is 6.33. The monoisotopic (exact) mass is 267 g/mol. The fourth-order valence-corrected chi connectivity index (χ4v) is 2.13. The van der Waals surface area contributed by atoms with Gasteiger partial charge in [0.15, 0.2) is 0 Å². The summed E-state index contributed by atoms with van der Waals surface area (Å²) in [5.41, 5.74) is 7.20. The lowest BCUT2D eigenvalue weighted by Crippen LogP contribution is -2.12. The lowest BCUT2D eigenvalue weighted by molar-refractivity contribution is 0.628. The zero-order chi connectivity index (χ0) is 13.1. The van der Waals surface area contributed by atoms with Gasteiger partial charge in [0.2, 0.25) is 0 Å². The SMILES string of the molecule is CCC(CN)c1ncc(-c2ccc(F)cc2Cl)[nH]1. The normalized spacial score (nSPS) is 12.7. The summed E-state index contributed by atoms with van der Waals surface area (Å²) in [7, 11) is 0. The van der Waals surface area contributed by atoms with Gasteiger partial charge in [-0.3, -0.25) is 0 Å². The Morgan fingerprint density at radius 2 is 2.28 bits per heavy atom. The molecule has 1 heterocycles. The van der Waals surface area contributed by atoms with Crippen LogP contribution in [0.3, 0.4) is 0 Å². The van der Waals surface area contributed by atoms with Crippen LogP contribution in [0.5, 0.6) is 0 Å². The maximum absolute atomic E-state index is 13.0. The molecule has 0 amide bonds. The van der Waals surface area contributed by atoms with Crippen molar-refractivity contribution in [1.29, 1.82) is 0 Å². The van der Waals surface area contributed by atoms with Crippen LogP contribution in [0.1, 0.15) is 25.1 Å². The van der Waals surface area contributed by atoms with Gasteiger partial charge in [-0.25, -0.2) is 9.37 Å². The number of H-pyrrole nitrogens is 1. The minimum absolute atomic E-state index is 0.206. The first-order valence-electron chi connectivity index (χ1n) is 5.86. The Hall–Kier alpha value is -1.39. The number of rotatable bonds is 4. The standard InChI is InChI=1S/C13H15ClFN3/c1-2-8(6-16)13-17-7-12(18-13)10-4-3-9(15)5-11(10)14/h3-5,7-8H,2,6,16H2,1H3,(H,17,18). The topological polar surface area (TPSA) is 54.7 Å². The van der Waals surface area contributed by atoms with Crippen molar-refractivity contribution in [2.45, 2.75) is 19.3 Å². The van der Waals surface area contributed by atoms with Crippen molar-refractivity contribution in [2.75, 3.05) is 6.54 Å². The molecule has 18 heavy (non-hydrogen) atoms. The molecule has 2 rings (SSSR count). The molecule has 0 aliphatic heterocycles. The van der Waals surface area contributed by atoms with Crippen LogP contribution in [0, 0.1) is 5.82 Å². The summed E-state index contributed by atoms with van der Waals surface area (Å²) < 4.78 is 13.0. The summed E-state index contributed by atoms with van der Waals surface area (Å²) in [6.45, 7) is 2.60. The van der Waals surface area contributed by atoms with Crippen LogP contribution in [0.15, 0.2) is 24.4 Å². The van der Waals surface area contributed by atoms with Gasteiger partial charge in [-0.15, -0.1) is 0 Å². The Morgan fingerprint density at radius 1 is 1.50 bits per heavy atom. The zero-order valence-electron chi connectivity index (χ0n) is 10.1. The van der Waals surface area contributed by atoms with E-state index < -0.39 is 0 Å². The quantitative estimate of drug-likeness (QED) is 0.893. The molecule has 5 heteroatoms. The first-order chi connectivity index (χ1) is 8.65. The molecule has 0 saturated heterocycles. The molecule has 1 aromatic carbocycles. The Labute approximate surface area is 110 Å². The summed E-state index contributed by atoms with van der Waals surface area (Å²) in [6, 6.07) is 4.30. The molecule has 1 aromatic heterocycles. The average Bonchev–Trinajstić information content (AvgIpc) is 2.80. The van der Waals surface area contributed by atoms with Gasteiger partial charge in [0.1, 0.15) is 11.6 Å². The maximum atomic E-state index is 13.0. The number of aromatic amines is 1. The second-order valence-electron chi connectivity index (χ2n) is 4.15. The molecular weight excluding hydrogens is 253 g/mol. The van der Waals surface area contributed by atoms with Crippen LogP contribution in [0.2, 0.25) is 5.02 Å². The predicted molar refractivity (Wildman–Crippen MR) is 71.1 cm³/mol. The van der Waals surface area contributed by atoms with Gasteiger partial charge in [0, 0.05) is 18.0 Å². The minimum Gasteiger partial charge on any atom is -0.342 e. The number of imidazole rings is 1. The summed E-state index contributed by atoms with van der Waals surface area (Å²) in [6.07, 6.45) is 2.62. The van der Waals surface area contributed by atoms with Crippen molar-refractivity contribution in [1.82, 2.24) is 9.97 Å². The number of nitrogens with one attached hydrogen (secondary N) is 1. The number of aromatic nitrogens is 2. The number of hydrogen-bond donors (Lipinski definition) is 2. The number of nitrogens with two attached hydrogens (primary N) is 1. The van der Waals surface area contributed by atoms with E-state index in [9.17, 15) is 4.39 Å². The van der Waals surface area contributed by atoms with Gasteiger partial charge in [0.25, 0.3) is 0 Å². The molecule has 0 fully saturated rings. The van der Waals surface area contributed by atoms with Gasteiger partial charge < -0.3 is 10.7 Å². The van der Waals surface area contributed by atoms with Crippen LogP contribution in [-0.2, 0) is 0 Å². The Balaban J connectivity index is 2.34. The van der Waals surface area contributed by atoms with Crippen molar-refractivity contribution in [3.63, 3.8) is 0 Å². The number of hydrogen-bond acceptors (Lipinski definition) is 2. The molecule has 96 valence electrons. The number of halogens is 2. The van der Waals surface area contributed by atoms with Gasteiger partial charge >= 0.3 is 0 Å². The number of benzene rings is 1. The zero-order valence-corrected chi connectivity index (χ0v) is 10.8. The smallest absolute Gasteiger partial charge is 0.124 e. The highest BCUT2D eigenvalue weighted by atomic mass is 35.5. The van der Waals surface area contributed by atoms with Crippen LogP contribution in [0.25, 0.3) is 11.3 Å². The predicted octanol–water partition coefficient (Wildman–Crippen LogP) is 3.32. The van der Waals surface area contributed by atoms with E-state index in [1.807, 2.05) is 0 Å². The van der Waals surface area contributed by atoms with Crippen LogP contribution < -0.4 is 5.73 Å². The van der Waals surface area contributed by atoms with E-state index in [1.54, 1.807) is 12.3 Å². The van der Waals surface area contributed by atoms with Crippen LogP contribution >= 0.6 is 11.6 Å². The summed E-state index contributed by atoms with van der Waals surface area (Å²) in [4.78, 5) is 7.50. The van der Waals surface area contributed by atoms with E-state index in [0.717, 1.165) is 23.5 Å². The Kier molecular flexibility index (Phi) is 3.99. The lowest BCUT2D eigenvalue weighted by Gasteiger charge is -2.08. The van der Waals surface area contributed by atoms with Gasteiger partial charge in [-0.2, -0.15) is 0 Å². The molecule has 0 saturated carbocycles. The lowest BCUT2D eigenvalue weighted by atomic mass is 10.1. The van der Waals surface area contributed by atoms with Gasteiger partial charge in [-0.1, -0.05) is 18.5 Å². The van der Waals surface area contributed by atoms with Gasteiger partial charge in [0.05, 0.1) is 16.9 Å². The molecule has 0 bridgehead atoms. The van der Waals surface area contributed by atoms with Crippen molar-refractivity contribution in [3.05, 3.63) is 41.1 Å². The van der Waals surface area contributed by atoms with Crippen molar-refractivity contribution in [3.8, 4) is 11.3 Å². The molecule has 0 spiro atoms. The minimum atomic E-state index is -0.350. The second-order valence-corrected chi connectivity index (χ2v) is 4.55. The van der Waals surface area contributed by atoms with E-state index in [4.69, 9.17) is 17.3 Å². The van der Waals surface area contributed by atoms with E-state index in [0.29, 0.717) is 11.6 Å². The fourth-order valence-electron chi connectivity index (χ4n) is 1.86. The second kappa shape index (κ2) is 5.50. The third-order valence-corrected chi connectivity index (χ3v) is 3.29. The Bertz CT molecular complexity index is 535. The van der Waals surface area contributed by atoms with E-state index >= 15 is 0 Å². The van der Waals surface area contributed by atoms with Crippen molar-refractivity contribution in [2.24, 2.45) is 5.73 Å². The summed E-state index contributed by atoms with van der Waals surface area (Å²) >= 11 is 6.01. The van der Waals surface area contributed by atoms with Crippen molar-refractivity contribution < 1.29 is 4.39 Å². The molecular formula is C13H15ClFN3.